The molecule has 1 aromatic rings. The van der Waals surface area contributed by atoms with Crippen molar-refractivity contribution in [1.29, 1.82) is 0 Å². The predicted octanol–water partition coefficient (Wildman–Crippen LogP) is 1.81. The molecule has 0 saturated heterocycles. The molecular weight excluding hydrogens is 374 g/mol. The smallest absolute Gasteiger partial charge is 0.265 e. The van der Waals surface area contributed by atoms with E-state index in [4.69, 9.17) is 10.5 Å². The number of benzene rings is 1. The monoisotopic (exact) mass is 395 g/mol. The van der Waals surface area contributed by atoms with Crippen molar-refractivity contribution in [2.24, 2.45) is 11.7 Å². The van der Waals surface area contributed by atoms with Gasteiger partial charge in [-0.1, -0.05) is 28.8 Å². The first-order valence-corrected chi connectivity index (χ1v) is 9.10. The molecule has 2 unspecified atom stereocenters. The van der Waals surface area contributed by atoms with Crippen LogP contribution in [0.5, 0.6) is 5.75 Å². The van der Waals surface area contributed by atoms with Crippen molar-refractivity contribution in [3.63, 3.8) is 0 Å². The minimum Gasteiger partial charge on any atom is -0.482 e. The summed E-state index contributed by atoms with van der Waals surface area (Å²) in [4.78, 5) is 26.1. The zero-order valence-electron chi connectivity index (χ0n) is 13.5. The number of rotatable bonds is 4. The summed E-state index contributed by atoms with van der Waals surface area (Å²) in [5, 5.41) is 3.07. The van der Waals surface area contributed by atoms with Gasteiger partial charge in [0, 0.05) is 10.5 Å². The fraction of sp³-hybridized carbons (Fsp3) is 0.529. The standard InChI is InChI=1S/C17H22BrN3O3/c18-12-5-6-14-15(7-12)24-10-17(23)21(14)9-16(22)20-13-4-2-1-3-11(13)8-19/h5-7,11,13H,1-4,8-10,19H2,(H,20,22). The lowest BCUT2D eigenvalue weighted by Gasteiger charge is -2.33. The number of ether oxygens (including phenoxy) is 1. The zero-order valence-corrected chi connectivity index (χ0v) is 15.0. The van der Waals surface area contributed by atoms with Crippen molar-refractivity contribution in [3.05, 3.63) is 22.7 Å². The second kappa shape index (κ2) is 7.53. The first kappa shape index (κ1) is 17.2. The van der Waals surface area contributed by atoms with Crippen LogP contribution in [-0.2, 0) is 9.59 Å². The molecule has 1 aliphatic carbocycles. The lowest BCUT2D eigenvalue weighted by molar-refractivity contribution is -0.126. The number of carbonyl (C=O) groups excluding carboxylic acids is 2. The Bertz CT molecular complexity index is 638. The maximum Gasteiger partial charge on any atom is 0.265 e. The molecule has 24 heavy (non-hydrogen) atoms. The quantitative estimate of drug-likeness (QED) is 0.813. The summed E-state index contributed by atoms with van der Waals surface area (Å²) in [6, 6.07) is 5.53. The zero-order chi connectivity index (χ0) is 17.1. The van der Waals surface area contributed by atoms with Gasteiger partial charge in [-0.2, -0.15) is 0 Å². The van der Waals surface area contributed by atoms with Gasteiger partial charge in [-0.15, -0.1) is 0 Å². The Kier molecular flexibility index (Phi) is 5.40. The molecule has 2 atom stereocenters. The largest absolute Gasteiger partial charge is 0.482 e. The normalized spacial score (nSPS) is 23.4. The third-order valence-electron chi connectivity index (χ3n) is 4.72. The van der Waals surface area contributed by atoms with Gasteiger partial charge in [0.25, 0.3) is 5.91 Å². The molecule has 3 rings (SSSR count). The second-order valence-corrected chi connectivity index (χ2v) is 7.25. The number of fused-ring (bicyclic) bond motifs is 1. The highest BCUT2D eigenvalue weighted by molar-refractivity contribution is 9.10. The van der Waals surface area contributed by atoms with Crippen LogP contribution in [0.3, 0.4) is 0 Å². The van der Waals surface area contributed by atoms with Crippen LogP contribution in [0.15, 0.2) is 22.7 Å². The second-order valence-electron chi connectivity index (χ2n) is 6.33. The van der Waals surface area contributed by atoms with E-state index in [1.807, 2.05) is 6.07 Å². The molecule has 1 saturated carbocycles. The van der Waals surface area contributed by atoms with Crippen LogP contribution in [0.2, 0.25) is 0 Å². The molecule has 6 nitrogen and oxygen atoms in total. The highest BCUT2D eigenvalue weighted by Crippen LogP contribution is 2.34. The number of nitrogens with two attached hydrogens (primary N) is 1. The van der Waals surface area contributed by atoms with Gasteiger partial charge in [0.2, 0.25) is 5.91 Å². The van der Waals surface area contributed by atoms with Gasteiger partial charge in [0.15, 0.2) is 6.61 Å². The molecule has 2 aliphatic rings. The Labute approximate surface area is 149 Å². The van der Waals surface area contributed by atoms with Crippen molar-refractivity contribution in [3.8, 4) is 5.75 Å². The summed E-state index contributed by atoms with van der Waals surface area (Å²) in [5.41, 5.74) is 6.44. The Hall–Kier alpha value is -1.60. The summed E-state index contributed by atoms with van der Waals surface area (Å²) in [6.45, 7) is 0.536. The summed E-state index contributed by atoms with van der Waals surface area (Å²) in [5.74, 6) is 0.573. The summed E-state index contributed by atoms with van der Waals surface area (Å²) in [6.07, 6.45) is 4.27. The van der Waals surface area contributed by atoms with Crippen molar-refractivity contribution in [2.75, 3.05) is 24.6 Å². The molecular formula is C17H22BrN3O3. The van der Waals surface area contributed by atoms with Gasteiger partial charge in [-0.3, -0.25) is 14.5 Å². The highest BCUT2D eigenvalue weighted by Gasteiger charge is 2.30. The Balaban J connectivity index is 1.69. The van der Waals surface area contributed by atoms with E-state index in [0.717, 1.165) is 23.7 Å². The molecule has 7 heteroatoms. The van der Waals surface area contributed by atoms with Crippen LogP contribution >= 0.6 is 15.9 Å². The highest BCUT2D eigenvalue weighted by atomic mass is 79.9. The maximum absolute atomic E-state index is 12.5. The summed E-state index contributed by atoms with van der Waals surface area (Å²) < 4.78 is 6.31. The maximum atomic E-state index is 12.5. The van der Waals surface area contributed by atoms with E-state index in [1.54, 1.807) is 12.1 Å². The minimum atomic E-state index is -0.209. The molecule has 1 aromatic carbocycles. The van der Waals surface area contributed by atoms with Gasteiger partial charge >= 0.3 is 0 Å². The SMILES string of the molecule is NCC1CCCCC1NC(=O)CN1C(=O)COc2cc(Br)ccc21. The molecule has 0 spiro atoms. The Morgan fingerprint density at radius 1 is 1.38 bits per heavy atom. The fourth-order valence-corrected chi connectivity index (χ4v) is 3.77. The molecule has 1 aliphatic heterocycles. The van der Waals surface area contributed by atoms with E-state index in [0.29, 0.717) is 23.9 Å². The third-order valence-corrected chi connectivity index (χ3v) is 5.22. The molecule has 3 N–H and O–H groups in total. The van der Waals surface area contributed by atoms with Crippen LogP contribution < -0.4 is 20.7 Å². The van der Waals surface area contributed by atoms with Crippen LogP contribution in [0.25, 0.3) is 0 Å². The molecule has 1 heterocycles. The van der Waals surface area contributed by atoms with E-state index < -0.39 is 0 Å². The van der Waals surface area contributed by atoms with E-state index in [9.17, 15) is 9.59 Å². The van der Waals surface area contributed by atoms with Crippen LogP contribution in [0.1, 0.15) is 25.7 Å². The number of anilines is 1. The van der Waals surface area contributed by atoms with Gasteiger partial charge in [-0.05, 0) is 43.5 Å². The fourth-order valence-electron chi connectivity index (χ4n) is 3.43. The number of amides is 2. The molecule has 0 bridgehead atoms. The first-order valence-electron chi connectivity index (χ1n) is 8.30. The van der Waals surface area contributed by atoms with E-state index in [-0.39, 0.29) is 31.0 Å². The molecule has 2 amide bonds. The van der Waals surface area contributed by atoms with Crippen molar-refractivity contribution >= 4 is 33.4 Å². The number of carbonyl (C=O) groups is 2. The average molecular weight is 396 g/mol. The van der Waals surface area contributed by atoms with E-state index in [1.165, 1.54) is 11.3 Å². The third kappa shape index (κ3) is 3.72. The molecule has 0 radical (unpaired) electrons. The Morgan fingerprint density at radius 2 is 2.17 bits per heavy atom. The van der Waals surface area contributed by atoms with E-state index >= 15 is 0 Å². The van der Waals surface area contributed by atoms with Gasteiger partial charge in [-0.25, -0.2) is 0 Å². The number of nitrogens with zero attached hydrogens (tertiary/aromatic N) is 1. The molecule has 0 aromatic heterocycles. The Morgan fingerprint density at radius 3 is 2.96 bits per heavy atom. The van der Waals surface area contributed by atoms with Crippen molar-refractivity contribution in [1.82, 2.24) is 5.32 Å². The van der Waals surface area contributed by atoms with Gasteiger partial charge in [0.1, 0.15) is 12.3 Å². The number of nitrogens with one attached hydrogen (secondary N) is 1. The predicted molar refractivity (Wildman–Crippen MR) is 94.9 cm³/mol. The number of halogens is 1. The average Bonchev–Trinajstić information content (AvgIpc) is 2.58. The summed E-state index contributed by atoms with van der Waals surface area (Å²) in [7, 11) is 0. The van der Waals surface area contributed by atoms with Gasteiger partial charge < -0.3 is 15.8 Å². The van der Waals surface area contributed by atoms with Crippen LogP contribution in [0, 0.1) is 5.92 Å². The summed E-state index contributed by atoms with van der Waals surface area (Å²) >= 11 is 3.38. The van der Waals surface area contributed by atoms with Crippen LogP contribution in [-0.4, -0.2) is 37.6 Å². The number of hydrogen-bond acceptors (Lipinski definition) is 4. The minimum absolute atomic E-state index is 0.00458. The first-order chi connectivity index (χ1) is 11.6. The lowest BCUT2D eigenvalue weighted by atomic mass is 9.84. The topological polar surface area (TPSA) is 84.7 Å². The lowest BCUT2D eigenvalue weighted by Crippen LogP contribution is -2.50. The van der Waals surface area contributed by atoms with Crippen LogP contribution in [0.4, 0.5) is 5.69 Å². The van der Waals surface area contributed by atoms with Gasteiger partial charge in [0.05, 0.1) is 5.69 Å². The van der Waals surface area contributed by atoms with Crippen molar-refractivity contribution < 1.29 is 14.3 Å². The van der Waals surface area contributed by atoms with E-state index in [2.05, 4.69) is 21.2 Å². The molecule has 1 fully saturated rings. The number of hydrogen-bond donors (Lipinski definition) is 2. The van der Waals surface area contributed by atoms with Crippen molar-refractivity contribution in [2.45, 2.75) is 31.7 Å². The molecule has 130 valence electrons.